The summed E-state index contributed by atoms with van der Waals surface area (Å²) in [7, 11) is 0. The van der Waals surface area contributed by atoms with Gasteiger partial charge >= 0.3 is 0 Å². The molecule has 2 heteroatoms. The number of para-hydroxylation sites is 1. The van der Waals surface area contributed by atoms with Gasteiger partial charge in [-0.2, -0.15) is 0 Å². The van der Waals surface area contributed by atoms with Crippen LogP contribution in [-0.4, -0.2) is 5.91 Å². The van der Waals surface area contributed by atoms with Crippen LogP contribution in [0.2, 0.25) is 0 Å². The second-order valence-electron chi connectivity index (χ2n) is 5.05. The Morgan fingerprint density at radius 1 is 1.38 bits per heavy atom. The maximum atomic E-state index is 11.8. The third kappa shape index (κ3) is 2.26. The van der Waals surface area contributed by atoms with Gasteiger partial charge in [-0.05, 0) is 29.9 Å². The number of anilines is 1. The lowest BCUT2D eigenvalue weighted by molar-refractivity contribution is -0.117. The molecule has 1 aromatic carbocycles. The van der Waals surface area contributed by atoms with Crippen LogP contribution in [0, 0.1) is 11.8 Å². The quantitative estimate of drug-likeness (QED) is 0.826. The van der Waals surface area contributed by atoms with E-state index in [1.807, 2.05) is 18.2 Å². The van der Waals surface area contributed by atoms with Gasteiger partial charge in [-0.3, -0.25) is 4.79 Å². The number of rotatable bonds is 3. The summed E-state index contributed by atoms with van der Waals surface area (Å²) in [5, 5.41) is 3.05. The van der Waals surface area contributed by atoms with Gasteiger partial charge in [-0.25, -0.2) is 0 Å². The minimum absolute atomic E-state index is 0.181. The highest BCUT2D eigenvalue weighted by Gasteiger charge is 2.39. The van der Waals surface area contributed by atoms with Gasteiger partial charge < -0.3 is 5.32 Å². The van der Waals surface area contributed by atoms with Crippen molar-refractivity contribution in [2.75, 3.05) is 5.32 Å². The fourth-order valence-corrected chi connectivity index (χ4v) is 2.03. The van der Waals surface area contributed by atoms with Gasteiger partial charge in [-0.15, -0.1) is 0 Å². The summed E-state index contributed by atoms with van der Waals surface area (Å²) in [4.78, 5) is 11.8. The Balaban J connectivity index is 2.11. The maximum absolute atomic E-state index is 11.8. The van der Waals surface area contributed by atoms with Gasteiger partial charge in [0.05, 0.1) is 0 Å². The Hall–Kier alpha value is -1.31. The van der Waals surface area contributed by atoms with E-state index in [0.717, 1.165) is 12.1 Å². The molecule has 0 spiro atoms. The van der Waals surface area contributed by atoms with E-state index in [1.165, 1.54) is 5.56 Å². The first kappa shape index (κ1) is 11.2. The van der Waals surface area contributed by atoms with Crippen LogP contribution in [0.25, 0.3) is 0 Å². The smallest absolute Gasteiger partial charge is 0.227 e. The van der Waals surface area contributed by atoms with E-state index in [2.05, 4.69) is 32.2 Å². The molecule has 1 aliphatic carbocycles. The molecule has 1 aliphatic rings. The number of carbonyl (C=O) groups is 1. The van der Waals surface area contributed by atoms with Crippen LogP contribution in [0.1, 0.15) is 38.7 Å². The average molecular weight is 217 g/mol. The Morgan fingerprint density at radius 2 is 2.00 bits per heavy atom. The monoisotopic (exact) mass is 217 g/mol. The van der Waals surface area contributed by atoms with Crippen molar-refractivity contribution >= 4 is 11.6 Å². The second-order valence-corrected chi connectivity index (χ2v) is 5.05. The topological polar surface area (TPSA) is 29.1 Å². The summed E-state index contributed by atoms with van der Waals surface area (Å²) in [5.41, 5.74) is 2.19. The van der Waals surface area contributed by atoms with E-state index in [-0.39, 0.29) is 11.8 Å². The molecule has 1 aromatic rings. The third-order valence-corrected chi connectivity index (χ3v) is 3.29. The zero-order chi connectivity index (χ0) is 11.7. The van der Waals surface area contributed by atoms with E-state index >= 15 is 0 Å². The first-order valence-corrected chi connectivity index (χ1v) is 5.99. The zero-order valence-electron chi connectivity index (χ0n) is 10.2. The van der Waals surface area contributed by atoms with Crippen LogP contribution in [0.15, 0.2) is 24.3 Å². The Labute approximate surface area is 97.1 Å². The van der Waals surface area contributed by atoms with E-state index < -0.39 is 0 Å². The summed E-state index contributed by atoms with van der Waals surface area (Å²) in [5.74, 6) is 1.42. The molecule has 0 saturated heterocycles. The Morgan fingerprint density at radius 3 is 2.56 bits per heavy atom. The fraction of sp³-hybridized carbons (Fsp3) is 0.500. The number of hydrogen-bond acceptors (Lipinski definition) is 1. The molecule has 2 unspecified atom stereocenters. The number of nitrogens with one attached hydrogen (secondary N) is 1. The van der Waals surface area contributed by atoms with Crippen LogP contribution in [0.4, 0.5) is 5.69 Å². The van der Waals surface area contributed by atoms with Crippen LogP contribution >= 0.6 is 0 Å². The standard InChI is InChI=1S/C14H19NO/c1-9(2)11-6-4-5-7-13(11)15-14(16)12-8-10(12)3/h4-7,9-10,12H,8H2,1-3H3,(H,15,16). The third-order valence-electron chi connectivity index (χ3n) is 3.29. The average Bonchev–Trinajstić information content (AvgIpc) is 2.96. The lowest BCUT2D eigenvalue weighted by atomic mass is 10.0. The Bertz CT molecular complexity index is 397. The van der Waals surface area contributed by atoms with Crippen LogP contribution < -0.4 is 5.32 Å². The van der Waals surface area contributed by atoms with Crippen molar-refractivity contribution in [3.8, 4) is 0 Å². The highest BCUT2D eigenvalue weighted by molar-refractivity contribution is 5.95. The largest absolute Gasteiger partial charge is 0.326 e. The number of benzene rings is 1. The first-order chi connectivity index (χ1) is 7.59. The molecular weight excluding hydrogens is 198 g/mol. The molecule has 1 N–H and O–H groups in total. The Kier molecular flexibility index (Phi) is 2.99. The van der Waals surface area contributed by atoms with Crippen molar-refractivity contribution in [3.05, 3.63) is 29.8 Å². The normalized spacial score (nSPS) is 23.2. The molecule has 1 fully saturated rings. The van der Waals surface area contributed by atoms with E-state index in [0.29, 0.717) is 11.8 Å². The summed E-state index contributed by atoms with van der Waals surface area (Å²) in [6.07, 6.45) is 1.04. The SMILES string of the molecule is CC(C)c1ccccc1NC(=O)C1CC1C. The highest BCUT2D eigenvalue weighted by Crippen LogP contribution is 2.38. The minimum Gasteiger partial charge on any atom is -0.326 e. The highest BCUT2D eigenvalue weighted by atomic mass is 16.2. The van der Waals surface area contributed by atoms with Gasteiger partial charge in [-0.1, -0.05) is 39.0 Å². The van der Waals surface area contributed by atoms with Crippen molar-refractivity contribution in [2.45, 2.75) is 33.1 Å². The van der Waals surface area contributed by atoms with Crippen LogP contribution in [0.3, 0.4) is 0 Å². The lowest BCUT2D eigenvalue weighted by Gasteiger charge is -2.13. The van der Waals surface area contributed by atoms with Gasteiger partial charge in [0.2, 0.25) is 5.91 Å². The summed E-state index contributed by atoms with van der Waals surface area (Å²) in [6, 6.07) is 8.06. The van der Waals surface area contributed by atoms with E-state index in [4.69, 9.17) is 0 Å². The molecule has 86 valence electrons. The van der Waals surface area contributed by atoms with Gasteiger partial charge in [0, 0.05) is 11.6 Å². The second kappa shape index (κ2) is 4.28. The molecule has 0 aromatic heterocycles. The van der Waals surface area contributed by atoms with E-state index in [1.54, 1.807) is 0 Å². The first-order valence-electron chi connectivity index (χ1n) is 5.99. The minimum atomic E-state index is 0.181. The van der Waals surface area contributed by atoms with E-state index in [9.17, 15) is 4.79 Å². The van der Waals surface area contributed by atoms with Crippen molar-refractivity contribution in [2.24, 2.45) is 11.8 Å². The predicted octanol–water partition coefficient (Wildman–Crippen LogP) is 3.40. The summed E-state index contributed by atoms with van der Waals surface area (Å²) in [6.45, 7) is 6.41. The van der Waals surface area contributed by atoms with Gasteiger partial charge in [0.15, 0.2) is 0 Å². The lowest BCUT2D eigenvalue weighted by Crippen LogP contribution is -2.15. The molecule has 0 bridgehead atoms. The molecule has 2 atom stereocenters. The van der Waals surface area contributed by atoms with Crippen LogP contribution in [0.5, 0.6) is 0 Å². The molecule has 0 radical (unpaired) electrons. The number of hydrogen-bond donors (Lipinski definition) is 1. The van der Waals surface area contributed by atoms with Gasteiger partial charge in [0.1, 0.15) is 0 Å². The summed E-state index contributed by atoms with van der Waals surface area (Å²) >= 11 is 0. The number of amides is 1. The van der Waals surface area contributed by atoms with Crippen LogP contribution in [-0.2, 0) is 4.79 Å². The predicted molar refractivity (Wildman–Crippen MR) is 66.4 cm³/mol. The molecule has 1 amide bonds. The molecule has 0 heterocycles. The van der Waals surface area contributed by atoms with Gasteiger partial charge in [0.25, 0.3) is 0 Å². The summed E-state index contributed by atoms with van der Waals surface area (Å²) < 4.78 is 0. The van der Waals surface area contributed by atoms with Crippen molar-refractivity contribution in [1.82, 2.24) is 0 Å². The van der Waals surface area contributed by atoms with Crippen molar-refractivity contribution < 1.29 is 4.79 Å². The number of carbonyl (C=O) groups excluding carboxylic acids is 1. The maximum Gasteiger partial charge on any atom is 0.227 e. The molecule has 2 nitrogen and oxygen atoms in total. The molecular formula is C14H19NO. The molecule has 0 aliphatic heterocycles. The van der Waals surface area contributed by atoms with Crippen molar-refractivity contribution in [3.63, 3.8) is 0 Å². The van der Waals surface area contributed by atoms with Crippen molar-refractivity contribution in [1.29, 1.82) is 0 Å². The molecule has 1 saturated carbocycles. The molecule has 16 heavy (non-hydrogen) atoms. The fourth-order valence-electron chi connectivity index (χ4n) is 2.03. The zero-order valence-corrected chi connectivity index (χ0v) is 10.2. The molecule has 2 rings (SSSR count).